The van der Waals surface area contributed by atoms with Gasteiger partial charge >= 0.3 is 5.97 Å². The first-order chi connectivity index (χ1) is 5.91. The van der Waals surface area contributed by atoms with Crippen LogP contribution in [0.4, 0.5) is 8.78 Å². The minimum Gasteiger partial charge on any atom is -0.481 e. The van der Waals surface area contributed by atoms with Gasteiger partial charge in [0.1, 0.15) is 0 Å². The van der Waals surface area contributed by atoms with Crippen molar-refractivity contribution >= 4 is 18.4 Å². The molecule has 0 aromatic heterocycles. The van der Waals surface area contributed by atoms with Crippen molar-refractivity contribution in [3.05, 3.63) is 0 Å². The Kier molecular flexibility index (Phi) is 4.74. The molecule has 1 fully saturated rings. The van der Waals surface area contributed by atoms with E-state index in [1.807, 2.05) is 0 Å². The fourth-order valence-corrected chi connectivity index (χ4v) is 1.49. The fourth-order valence-electron chi connectivity index (χ4n) is 1.49. The van der Waals surface area contributed by atoms with Gasteiger partial charge in [0.15, 0.2) is 0 Å². The molecule has 0 spiro atoms. The monoisotopic (exact) mass is 229 g/mol. The minimum atomic E-state index is -2.66. The van der Waals surface area contributed by atoms with Gasteiger partial charge in [0.2, 0.25) is 0 Å². The summed E-state index contributed by atoms with van der Waals surface area (Å²) in [5.41, 5.74) is 0. The van der Waals surface area contributed by atoms with Crippen LogP contribution >= 0.6 is 12.4 Å². The van der Waals surface area contributed by atoms with Gasteiger partial charge in [-0.05, 0) is 6.42 Å². The first kappa shape index (κ1) is 13.6. The standard InChI is InChI=1S/C8H13F2NO2.ClH/c1-5(7(12)13)2-6-3-8(9,10)4-11-6;/h5-6,11H,2-4H2,1H3,(H,12,13);1H/t5?,6-;/m0./s1. The number of hydrogen-bond acceptors (Lipinski definition) is 2. The molecule has 0 amide bonds. The van der Waals surface area contributed by atoms with Crippen LogP contribution in [0.15, 0.2) is 0 Å². The van der Waals surface area contributed by atoms with Crippen molar-refractivity contribution in [1.29, 1.82) is 0 Å². The molecule has 1 unspecified atom stereocenters. The summed E-state index contributed by atoms with van der Waals surface area (Å²) in [6, 6.07) is -0.360. The van der Waals surface area contributed by atoms with Crippen molar-refractivity contribution in [2.24, 2.45) is 5.92 Å². The molecule has 0 bridgehead atoms. The summed E-state index contributed by atoms with van der Waals surface area (Å²) in [5, 5.41) is 11.2. The average Bonchev–Trinajstić information content (AvgIpc) is 2.30. The molecule has 6 heteroatoms. The van der Waals surface area contributed by atoms with Gasteiger partial charge < -0.3 is 10.4 Å². The molecule has 0 saturated carbocycles. The molecule has 0 aromatic carbocycles. The highest BCUT2D eigenvalue weighted by Gasteiger charge is 2.39. The third kappa shape index (κ3) is 3.75. The van der Waals surface area contributed by atoms with Gasteiger partial charge in [-0.3, -0.25) is 4.79 Å². The Bertz CT molecular complexity index is 214. The lowest BCUT2D eigenvalue weighted by molar-refractivity contribution is -0.141. The second-order valence-corrected chi connectivity index (χ2v) is 3.61. The first-order valence-corrected chi connectivity index (χ1v) is 4.25. The Morgan fingerprint density at radius 3 is 2.64 bits per heavy atom. The van der Waals surface area contributed by atoms with Gasteiger partial charge in [0.05, 0.1) is 12.5 Å². The third-order valence-electron chi connectivity index (χ3n) is 2.25. The van der Waals surface area contributed by atoms with Crippen LogP contribution in [-0.2, 0) is 4.79 Å². The number of hydrogen-bond donors (Lipinski definition) is 2. The molecule has 1 heterocycles. The zero-order chi connectivity index (χ0) is 10.1. The number of carboxylic acid groups (broad SMARTS) is 1. The summed E-state index contributed by atoms with van der Waals surface area (Å²) < 4.78 is 25.3. The molecular weight excluding hydrogens is 216 g/mol. The molecule has 0 aromatic rings. The van der Waals surface area contributed by atoms with E-state index in [9.17, 15) is 13.6 Å². The largest absolute Gasteiger partial charge is 0.481 e. The number of alkyl halides is 2. The molecule has 84 valence electrons. The summed E-state index contributed by atoms with van der Waals surface area (Å²) in [5.74, 6) is -4.16. The van der Waals surface area contributed by atoms with Crippen molar-refractivity contribution in [3.63, 3.8) is 0 Å². The molecule has 2 atom stereocenters. The molecule has 1 rings (SSSR count). The Hall–Kier alpha value is -0.420. The maximum Gasteiger partial charge on any atom is 0.306 e. The van der Waals surface area contributed by atoms with E-state index in [-0.39, 0.29) is 37.8 Å². The molecule has 0 aliphatic carbocycles. The molecule has 1 aliphatic heterocycles. The predicted molar refractivity (Wildman–Crippen MR) is 50.0 cm³/mol. The number of carbonyl (C=O) groups is 1. The highest BCUT2D eigenvalue weighted by atomic mass is 35.5. The molecule has 3 nitrogen and oxygen atoms in total. The van der Waals surface area contributed by atoms with Crippen LogP contribution in [0.25, 0.3) is 0 Å². The van der Waals surface area contributed by atoms with Crippen LogP contribution in [0.5, 0.6) is 0 Å². The highest BCUT2D eigenvalue weighted by Crippen LogP contribution is 2.27. The van der Waals surface area contributed by atoms with Gasteiger partial charge in [-0.15, -0.1) is 12.4 Å². The van der Waals surface area contributed by atoms with Gasteiger partial charge in [0.25, 0.3) is 5.92 Å². The van der Waals surface area contributed by atoms with E-state index in [0.717, 1.165) is 0 Å². The van der Waals surface area contributed by atoms with E-state index in [4.69, 9.17) is 5.11 Å². The number of aliphatic carboxylic acids is 1. The van der Waals surface area contributed by atoms with Crippen molar-refractivity contribution in [2.75, 3.05) is 6.54 Å². The molecule has 0 radical (unpaired) electrons. The Labute approximate surface area is 87.3 Å². The summed E-state index contributed by atoms with van der Waals surface area (Å²) in [6.45, 7) is 1.20. The summed E-state index contributed by atoms with van der Waals surface area (Å²) in [4.78, 5) is 10.4. The van der Waals surface area contributed by atoms with E-state index >= 15 is 0 Å². The second kappa shape index (κ2) is 4.89. The molecule has 2 N–H and O–H groups in total. The van der Waals surface area contributed by atoms with Crippen molar-refractivity contribution in [2.45, 2.75) is 31.7 Å². The quantitative estimate of drug-likeness (QED) is 0.772. The zero-order valence-electron chi connectivity index (χ0n) is 7.80. The van der Waals surface area contributed by atoms with E-state index in [1.54, 1.807) is 0 Å². The second-order valence-electron chi connectivity index (χ2n) is 3.61. The lowest BCUT2D eigenvalue weighted by atomic mass is 10.0. The lowest BCUT2D eigenvalue weighted by Crippen LogP contribution is -2.26. The summed E-state index contributed by atoms with van der Waals surface area (Å²) in [7, 11) is 0. The SMILES string of the molecule is CC(C[C@H]1CC(F)(F)CN1)C(=O)O.Cl. The maximum atomic E-state index is 12.6. The Morgan fingerprint density at radius 2 is 2.29 bits per heavy atom. The summed E-state index contributed by atoms with van der Waals surface area (Å²) in [6.07, 6.45) is 0.0234. The van der Waals surface area contributed by atoms with Crippen LogP contribution in [0.2, 0.25) is 0 Å². The van der Waals surface area contributed by atoms with Crippen molar-refractivity contribution < 1.29 is 18.7 Å². The van der Waals surface area contributed by atoms with Gasteiger partial charge in [-0.2, -0.15) is 0 Å². The highest BCUT2D eigenvalue weighted by molar-refractivity contribution is 5.85. The van der Waals surface area contributed by atoms with Crippen LogP contribution in [-0.4, -0.2) is 29.6 Å². The van der Waals surface area contributed by atoms with E-state index in [2.05, 4.69) is 5.32 Å². The predicted octanol–water partition coefficient (Wildman–Crippen LogP) is 1.52. The average molecular weight is 230 g/mol. The van der Waals surface area contributed by atoms with E-state index < -0.39 is 17.8 Å². The van der Waals surface area contributed by atoms with Crippen LogP contribution < -0.4 is 5.32 Å². The molecule has 1 saturated heterocycles. The molecule has 1 aliphatic rings. The van der Waals surface area contributed by atoms with Crippen LogP contribution in [0, 0.1) is 5.92 Å². The third-order valence-corrected chi connectivity index (χ3v) is 2.25. The van der Waals surface area contributed by atoms with Crippen molar-refractivity contribution in [1.82, 2.24) is 5.32 Å². The number of carboxylic acids is 1. The maximum absolute atomic E-state index is 12.6. The minimum absolute atomic E-state index is 0. The number of nitrogens with one attached hydrogen (secondary N) is 1. The number of halogens is 3. The van der Waals surface area contributed by atoms with Gasteiger partial charge in [0, 0.05) is 12.5 Å². The van der Waals surface area contributed by atoms with Gasteiger partial charge in [-0.1, -0.05) is 6.92 Å². The van der Waals surface area contributed by atoms with Gasteiger partial charge in [-0.25, -0.2) is 8.78 Å². The Balaban J connectivity index is 0.00000169. The molecule has 14 heavy (non-hydrogen) atoms. The first-order valence-electron chi connectivity index (χ1n) is 4.25. The van der Waals surface area contributed by atoms with Crippen LogP contribution in [0.3, 0.4) is 0 Å². The summed E-state index contributed by atoms with van der Waals surface area (Å²) >= 11 is 0. The molecular formula is C8H14ClF2NO2. The fraction of sp³-hybridized carbons (Fsp3) is 0.875. The van der Waals surface area contributed by atoms with Crippen LogP contribution in [0.1, 0.15) is 19.8 Å². The van der Waals surface area contributed by atoms with E-state index in [0.29, 0.717) is 0 Å². The normalized spacial score (nSPS) is 26.6. The van der Waals surface area contributed by atoms with E-state index in [1.165, 1.54) is 6.92 Å². The lowest BCUT2D eigenvalue weighted by Gasteiger charge is -2.12. The Morgan fingerprint density at radius 1 is 1.71 bits per heavy atom. The zero-order valence-corrected chi connectivity index (χ0v) is 8.61. The van der Waals surface area contributed by atoms with Crippen molar-refractivity contribution in [3.8, 4) is 0 Å². The topological polar surface area (TPSA) is 49.3 Å². The number of rotatable bonds is 3. The smallest absolute Gasteiger partial charge is 0.306 e.